The highest BCUT2D eigenvalue weighted by Crippen LogP contribution is 2.35. The van der Waals surface area contributed by atoms with Crippen LogP contribution in [0.15, 0.2) is 0 Å². The summed E-state index contributed by atoms with van der Waals surface area (Å²) in [5, 5.41) is 17.3. The van der Waals surface area contributed by atoms with E-state index in [1.807, 2.05) is 0 Å². The first-order valence-electron chi connectivity index (χ1n) is 6.03. The van der Waals surface area contributed by atoms with Gasteiger partial charge >= 0.3 is 11.9 Å². The van der Waals surface area contributed by atoms with Crippen molar-refractivity contribution in [3.05, 3.63) is 0 Å². The summed E-state index contributed by atoms with van der Waals surface area (Å²) in [5.74, 6) is -0.654. The number of carbonyl (C=O) groups is 2. The highest BCUT2D eigenvalue weighted by molar-refractivity contribution is 5.67. The van der Waals surface area contributed by atoms with Crippen LogP contribution in [0, 0.1) is 11.8 Å². The Balaban J connectivity index is 2.37. The molecule has 16 heavy (non-hydrogen) atoms. The average molecular weight is 228 g/mol. The fourth-order valence-corrected chi connectivity index (χ4v) is 2.66. The van der Waals surface area contributed by atoms with Gasteiger partial charge < -0.3 is 10.2 Å². The van der Waals surface area contributed by atoms with Gasteiger partial charge in [-0.3, -0.25) is 9.59 Å². The molecule has 0 aromatic carbocycles. The SMILES string of the molecule is O=C(O)CCC1CCCCC1CCC(=O)O. The molecule has 0 amide bonds. The lowest BCUT2D eigenvalue weighted by molar-refractivity contribution is -0.139. The number of aliphatic carboxylic acids is 2. The van der Waals surface area contributed by atoms with Crippen LogP contribution in [0.4, 0.5) is 0 Å². The Morgan fingerprint density at radius 1 is 0.875 bits per heavy atom. The van der Waals surface area contributed by atoms with Crippen molar-refractivity contribution in [2.45, 2.75) is 51.4 Å². The summed E-state index contributed by atoms with van der Waals surface area (Å²) in [6, 6.07) is 0. The summed E-state index contributed by atoms with van der Waals surface area (Å²) in [7, 11) is 0. The third kappa shape index (κ3) is 4.64. The molecule has 1 fully saturated rings. The topological polar surface area (TPSA) is 74.6 Å². The first-order chi connectivity index (χ1) is 7.59. The van der Waals surface area contributed by atoms with Crippen molar-refractivity contribution in [3.8, 4) is 0 Å². The van der Waals surface area contributed by atoms with E-state index in [4.69, 9.17) is 10.2 Å². The van der Waals surface area contributed by atoms with Crippen LogP contribution in [0.5, 0.6) is 0 Å². The Hall–Kier alpha value is -1.06. The van der Waals surface area contributed by atoms with Crippen molar-refractivity contribution in [2.75, 3.05) is 0 Å². The lowest BCUT2D eigenvalue weighted by atomic mass is 9.75. The Morgan fingerprint density at radius 3 is 1.56 bits per heavy atom. The Kier molecular flexibility index (Phi) is 5.29. The van der Waals surface area contributed by atoms with Crippen molar-refractivity contribution in [1.82, 2.24) is 0 Å². The maximum absolute atomic E-state index is 10.5. The van der Waals surface area contributed by atoms with E-state index in [1.54, 1.807) is 0 Å². The summed E-state index contributed by atoms with van der Waals surface area (Å²) < 4.78 is 0. The molecule has 2 atom stereocenters. The van der Waals surface area contributed by atoms with Gasteiger partial charge in [-0.25, -0.2) is 0 Å². The van der Waals surface area contributed by atoms with Gasteiger partial charge in [-0.05, 0) is 24.7 Å². The second kappa shape index (κ2) is 6.51. The largest absolute Gasteiger partial charge is 0.481 e. The molecule has 1 rings (SSSR count). The lowest BCUT2D eigenvalue weighted by Gasteiger charge is -2.31. The van der Waals surface area contributed by atoms with Gasteiger partial charge in [0.25, 0.3) is 0 Å². The highest BCUT2D eigenvalue weighted by Gasteiger charge is 2.25. The van der Waals surface area contributed by atoms with Gasteiger partial charge in [0.1, 0.15) is 0 Å². The van der Waals surface area contributed by atoms with E-state index in [1.165, 1.54) is 0 Å². The predicted octanol–water partition coefficient (Wildman–Crippen LogP) is 2.52. The van der Waals surface area contributed by atoms with Crippen LogP contribution >= 0.6 is 0 Å². The third-order valence-electron chi connectivity index (χ3n) is 3.52. The minimum absolute atomic E-state index is 0.217. The number of hydrogen-bond acceptors (Lipinski definition) is 2. The summed E-state index contributed by atoms with van der Waals surface area (Å²) in [4.78, 5) is 21.0. The van der Waals surface area contributed by atoms with Crippen molar-refractivity contribution in [3.63, 3.8) is 0 Å². The monoisotopic (exact) mass is 228 g/mol. The minimum atomic E-state index is -0.748. The predicted molar refractivity (Wildman–Crippen MR) is 59.2 cm³/mol. The quantitative estimate of drug-likeness (QED) is 0.732. The number of carboxylic acids is 2. The molecule has 0 saturated heterocycles. The zero-order valence-corrected chi connectivity index (χ0v) is 9.52. The van der Waals surface area contributed by atoms with E-state index in [0.717, 1.165) is 25.7 Å². The van der Waals surface area contributed by atoms with Crippen LogP contribution in [0.3, 0.4) is 0 Å². The maximum Gasteiger partial charge on any atom is 0.303 e. The molecule has 92 valence electrons. The molecule has 0 aromatic heterocycles. The molecular formula is C12H20O4. The number of rotatable bonds is 6. The first kappa shape index (κ1) is 13.0. The van der Waals surface area contributed by atoms with Gasteiger partial charge in [0.05, 0.1) is 0 Å². The average Bonchev–Trinajstić information content (AvgIpc) is 2.24. The summed E-state index contributed by atoms with van der Waals surface area (Å²) >= 11 is 0. The van der Waals surface area contributed by atoms with Crippen LogP contribution in [0.2, 0.25) is 0 Å². The molecule has 2 N–H and O–H groups in total. The smallest absolute Gasteiger partial charge is 0.303 e. The molecule has 1 saturated carbocycles. The normalized spacial score (nSPS) is 25.2. The molecule has 0 bridgehead atoms. The van der Waals surface area contributed by atoms with Crippen LogP contribution < -0.4 is 0 Å². The Bertz CT molecular complexity index is 223. The van der Waals surface area contributed by atoms with Crippen molar-refractivity contribution in [1.29, 1.82) is 0 Å². The molecule has 0 spiro atoms. The lowest BCUT2D eigenvalue weighted by Crippen LogP contribution is -2.21. The van der Waals surface area contributed by atoms with Gasteiger partial charge in [-0.2, -0.15) is 0 Å². The first-order valence-corrected chi connectivity index (χ1v) is 6.03. The molecule has 1 aliphatic carbocycles. The number of carboxylic acid groups (broad SMARTS) is 2. The maximum atomic E-state index is 10.5. The second-order valence-corrected chi connectivity index (χ2v) is 4.67. The van der Waals surface area contributed by atoms with Crippen LogP contribution in [0.25, 0.3) is 0 Å². The van der Waals surface area contributed by atoms with E-state index in [2.05, 4.69) is 0 Å². The van der Waals surface area contributed by atoms with Gasteiger partial charge in [-0.15, -0.1) is 0 Å². The second-order valence-electron chi connectivity index (χ2n) is 4.67. The van der Waals surface area contributed by atoms with Crippen molar-refractivity contribution < 1.29 is 19.8 Å². The van der Waals surface area contributed by atoms with Crippen LogP contribution in [-0.4, -0.2) is 22.2 Å². The molecule has 4 nitrogen and oxygen atoms in total. The van der Waals surface area contributed by atoms with Crippen molar-refractivity contribution in [2.24, 2.45) is 11.8 Å². The molecule has 0 heterocycles. The molecule has 0 aliphatic heterocycles. The fraction of sp³-hybridized carbons (Fsp3) is 0.833. The standard InChI is InChI=1S/C12H20O4/c13-11(14)7-5-9-3-1-2-4-10(9)6-8-12(15)16/h9-10H,1-8H2,(H,13,14)(H,15,16). The van der Waals surface area contributed by atoms with Crippen LogP contribution in [-0.2, 0) is 9.59 Å². The van der Waals surface area contributed by atoms with Gasteiger partial charge in [0.15, 0.2) is 0 Å². The van der Waals surface area contributed by atoms with Gasteiger partial charge in [0, 0.05) is 12.8 Å². The zero-order valence-electron chi connectivity index (χ0n) is 9.52. The molecule has 4 heteroatoms. The third-order valence-corrected chi connectivity index (χ3v) is 3.52. The summed E-state index contributed by atoms with van der Waals surface area (Å²) in [5.41, 5.74) is 0. The number of hydrogen-bond donors (Lipinski definition) is 2. The summed E-state index contributed by atoms with van der Waals surface area (Å²) in [6.07, 6.45) is 6.30. The molecule has 1 aliphatic rings. The minimum Gasteiger partial charge on any atom is -0.481 e. The van der Waals surface area contributed by atoms with E-state index >= 15 is 0 Å². The molecule has 0 aromatic rings. The van der Waals surface area contributed by atoms with Crippen LogP contribution in [0.1, 0.15) is 51.4 Å². The summed E-state index contributed by atoms with van der Waals surface area (Å²) in [6.45, 7) is 0. The van der Waals surface area contributed by atoms with E-state index in [-0.39, 0.29) is 12.8 Å². The van der Waals surface area contributed by atoms with Gasteiger partial charge in [-0.1, -0.05) is 25.7 Å². The van der Waals surface area contributed by atoms with Gasteiger partial charge in [0.2, 0.25) is 0 Å². The molecular weight excluding hydrogens is 208 g/mol. The highest BCUT2D eigenvalue weighted by atomic mass is 16.4. The Morgan fingerprint density at radius 2 is 1.25 bits per heavy atom. The zero-order chi connectivity index (χ0) is 12.0. The van der Waals surface area contributed by atoms with E-state index < -0.39 is 11.9 Å². The van der Waals surface area contributed by atoms with E-state index in [9.17, 15) is 9.59 Å². The molecule has 2 unspecified atom stereocenters. The van der Waals surface area contributed by atoms with E-state index in [0.29, 0.717) is 24.7 Å². The Labute approximate surface area is 95.7 Å². The molecule has 0 radical (unpaired) electrons. The van der Waals surface area contributed by atoms with Crippen molar-refractivity contribution >= 4 is 11.9 Å². The fourth-order valence-electron chi connectivity index (χ4n) is 2.66.